The van der Waals surface area contributed by atoms with Crippen molar-refractivity contribution in [2.75, 3.05) is 29.1 Å². The van der Waals surface area contributed by atoms with Crippen molar-refractivity contribution in [3.8, 4) is 56.1 Å². The maximum atomic E-state index is 6.67. The van der Waals surface area contributed by atoms with Crippen LogP contribution in [0.4, 0.5) is 85.3 Å². The van der Waals surface area contributed by atoms with Crippen molar-refractivity contribution >= 4 is 247 Å². The van der Waals surface area contributed by atoms with E-state index in [0.717, 1.165) is 33.3 Å². The van der Waals surface area contributed by atoms with Crippen molar-refractivity contribution in [1.29, 1.82) is 0 Å². The van der Waals surface area contributed by atoms with Crippen LogP contribution in [0.1, 0.15) is 0 Å². The van der Waals surface area contributed by atoms with Gasteiger partial charge in [0, 0.05) is 137 Å². The molecule has 0 bridgehead atoms. The molecule has 9 aliphatic heterocycles. The second-order valence-electron chi connectivity index (χ2n) is 36.7. The molecule has 0 saturated carbocycles. The maximum absolute atomic E-state index is 6.67. The zero-order valence-corrected chi connectivity index (χ0v) is 73.3. The van der Waals surface area contributed by atoms with E-state index in [-0.39, 0.29) is 20.5 Å². The minimum Gasteiger partial charge on any atom is -0.454 e. The zero-order valence-electron chi connectivity index (χ0n) is 72.5. The zero-order chi connectivity index (χ0) is 87.4. The summed E-state index contributed by atoms with van der Waals surface area (Å²) < 4.78 is 19.4. The summed E-state index contributed by atoms with van der Waals surface area (Å²) in [4.78, 5) is 15.4. The number of thiophene rings is 1. The van der Waals surface area contributed by atoms with Crippen molar-refractivity contribution in [3.63, 3.8) is 0 Å². The van der Waals surface area contributed by atoms with Crippen LogP contribution < -0.4 is 62.3 Å². The number of benzene rings is 19. The fourth-order valence-electron chi connectivity index (χ4n) is 25.4. The molecule has 135 heavy (non-hydrogen) atoms. The molecule has 19 aromatic carbocycles. The Bertz CT molecular complexity index is 9600. The van der Waals surface area contributed by atoms with Crippen LogP contribution in [0.15, 0.2) is 435 Å². The van der Waals surface area contributed by atoms with Gasteiger partial charge in [0.2, 0.25) is 0 Å². The van der Waals surface area contributed by atoms with E-state index >= 15 is 0 Å². The molecule has 0 atom stereocenters. The third-order valence-electron chi connectivity index (χ3n) is 30.3. The summed E-state index contributed by atoms with van der Waals surface area (Å²) >= 11 is 1.88. The normalized spacial score (nSPS) is 13.8. The predicted octanol–water partition coefficient (Wildman–Crippen LogP) is 27.3. The van der Waals surface area contributed by atoms with Gasteiger partial charge in [-0.15, -0.1) is 11.3 Å². The number of para-hydroxylation sites is 17. The fraction of sp³-hybridized carbons (Fsp3) is 0. The molecule has 0 aliphatic carbocycles. The summed E-state index contributed by atoms with van der Waals surface area (Å²) in [5.41, 5.74) is 46.9. The number of rotatable bonds is 4. The Hall–Kier alpha value is -17.4. The monoisotopic (exact) mass is 1730 g/mol. The Morgan fingerprint density at radius 3 is 1.05 bits per heavy atom. The van der Waals surface area contributed by atoms with E-state index in [9.17, 15) is 0 Å². The van der Waals surface area contributed by atoms with Gasteiger partial charge in [-0.1, -0.05) is 279 Å². The third-order valence-corrected chi connectivity index (χ3v) is 31.5. The van der Waals surface area contributed by atoms with Gasteiger partial charge in [-0.25, -0.2) is 0 Å². The number of nitrogens with zero attached hydrogens (tertiary/aromatic N) is 10. The molecule has 0 amide bonds. The molecule has 0 radical (unpaired) electrons. The lowest BCUT2D eigenvalue weighted by Crippen LogP contribution is -2.65. The van der Waals surface area contributed by atoms with Gasteiger partial charge in [-0.3, -0.25) is 0 Å². The second kappa shape index (κ2) is 26.7. The third kappa shape index (κ3) is 9.31. The van der Waals surface area contributed by atoms with E-state index in [4.69, 9.17) is 4.42 Å². The Balaban J connectivity index is 0.0000000931. The molecule has 0 N–H and O–H groups in total. The summed E-state index contributed by atoms with van der Waals surface area (Å²) in [6, 6.07) is 158. The van der Waals surface area contributed by atoms with Crippen LogP contribution in [0.25, 0.3) is 153 Å². The minimum atomic E-state index is 0.0221. The smallest absolute Gasteiger partial charge is 0.351 e. The number of hydrogen-bond acceptors (Lipinski definition) is 8. The van der Waals surface area contributed by atoms with Crippen molar-refractivity contribution < 1.29 is 4.42 Å². The van der Waals surface area contributed by atoms with E-state index in [1.54, 1.807) is 0 Å². The van der Waals surface area contributed by atoms with E-state index in [1.807, 2.05) is 17.4 Å². The summed E-state index contributed by atoms with van der Waals surface area (Å²) in [7, 11) is 0. The van der Waals surface area contributed by atoms with Gasteiger partial charge >= 0.3 is 20.5 Å². The molecule has 6 aromatic heterocycles. The van der Waals surface area contributed by atoms with Crippen LogP contribution in [-0.2, 0) is 0 Å². The standard InChI is InChI=1S/C44H27BN4.C38H22BN3O.C38H22BN3S/c1-2-14-28(15-3-1)46-34-21-7-4-17-30(34)32-20-13-27-40(42(32)46)47-39-26-12-19-31-29-16-5-9-23-36(29)49-38-25-11-10-24-37(38)48-35-22-8-6-18-33(35)43(47)44(48)45(49)41(31)39;1-5-17-29-23(11-1)25-14-9-20-32-35(25)39-38-36(40(32)33-21-10-15-26-24-12-3-8-22-34(24)43-37(26)33)27-13-2-4-16-28(27)41(38)30-18-6-7-19-31(30)42(29)39;1-5-15-30-24(10-1)26-13-9-18-33-36(26)39-38-37(40(33)23-20-21-35-28(22-23)25-11-3-8-19-34(25)43-35)27-12-2-4-14-29(27)41(38)31-16-6-7-17-32(31)42(30)39/h1-27H;2*1-22H. The van der Waals surface area contributed by atoms with E-state index < -0.39 is 0 Å². The lowest BCUT2D eigenvalue weighted by Gasteiger charge is -2.47. The summed E-state index contributed by atoms with van der Waals surface area (Å²) in [5.74, 6) is 0. The topological polar surface area (TPSA) is 52.3 Å². The SMILES string of the molecule is c1ccc(-n2c3ccccc3c3cccc(N4c5cccc6c5B5c7c4c4ccccc4n7-c4ccccc4N5c4ccccc4-6)c32)cc1.c1ccc2c(c1)-c1cccc3c1B1c4c(c5ccccc5n4-c4ccccc4N12)N3c1ccc2sc3ccccc3c2c1.c1ccc2c(c1)-c1cccc3c1B1c4c(c5ccccc5n4-c4ccccc4N12)N3c1cccc2c1oc1ccccc12. The van der Waals surface area contributed by atoms with Crippen molar-refractivity contribution in [3.05, 3.63) is 431 Å². The van der Waals surface area contributed by atoms with Crippen LogP contribution in [0.3, 0.4) is 0 Å². The largest absolute Gasteiger partial charge is 0.454 e. The molecule has 9 aliphatic rings. The number of anilines is 15. The molecule has 34 rings (SSSR count). The van der Waals surface area contributed by atoms with Gasteiger partial charge in [0.25, 0.3) is 0 Å². The Labute approximate surface area is 780 Å². The molecule has 0 spiro atoms. The molecule has 15 heteroatoms. The average Bonchev–Trinajstić information content (AvgIpc) is 1.56. The minimum absolute atomic E-state index is 0.0221. The average molecular weight is 1730 g/mol. The van der Waals surface area contributed by atoms with Gasteiger partial charge in [-0.05, 0) is 185 Å². The van der Waals surface area contributed by atoms with Crippen LogP contribution in [-0.4, -0.2) is 38.8 Å². The highest BCUT2D eigenvalue weighted by atomic mass is 32.1. The van der Waals surface area contributed by atoms with E-state index in [0.29, 0.717) is 0 Å². The molecule has 0 saturated heterocycles. The Morgan fingerprint density at radius 2 is 0.541 bits per heavy atom. The van der Waals surface area contributed by atoms with Crippen LogP contribution in [0, 0.1) is 0 Å². The molecular weight excluding hydrogens is 1660 g/mol. The van der Waals surface area contributed by atoms with Gasteiger partial charge in [-0.2, -0.15) is 0 Å². The highest BCUT2D eigenvalue weighted by molar-refractivity contribution is 7.25. The van der Waals surface area contributed by atoms with Crippen molar-refractivity contribution in [2.45, 2.75) is 0 Å². The first kappa shape index (κ1) is 72.4. The quantitative estimate of drug-likeness (QED) is 0.163. The maximum Gasteiger partial charge on any atom is 0.351 e. The number of aromatic nitrogens is 4. The number of furan rings is 1. The molecule has 25 aromatic rings. The fourth-order valence-corrected chi connectivity index (χ4v) is 26.5. The molecule has 15 heterocycles. The second-order valence-corrected chi connectivity index (χ2v) is 37.8. The highest BCUT2D eigenvalue weighted by Gasteiger charge is 2.55. The van der Waals surface area contributed by atoms with Crippen LogP contribution in [0.2, 0.25) is 0 Å². The predicted molar refractivity (Wildman–Crippen MR) is 566 cm³/mol. The number of hydrogen-bond donors (Lipinski definition) is 0. The molecular formula is C120H71B3N10OS. The Kier molecular flexibility index (Phi) is 14.3. The number of fused-ring (bicyclic) bond motifs is 36. The first-order chi connectivity index (χ1) is 67.1. The lowest BCUT2D eigenvalue weighted by molar-refractivity contribution is 0.669. The summed E-state index contributed by atoms with van der Waals surface area (Å²) in [6.45, 7) is 0.124. The van der Waals surface area contributed by atoms with Crippen LogP contribution in [0.5, 0.6) is 0 Å². The molecule has 0 fully saturated rings. The van der Waals surface area contributed by atoms with E-state index in [2.05, 4.69) is 472 Å². The van der Waals surface area contributed by atoms with Crippen molar-refractivity contribution in [1.82, 2.24) is 18.3 Å². The van der Waals surface area contributed by atoms with E-state index in [1.165, 1.54) is 238 Å². The van der Waals surface area contributed by atoms with Gasteiger partial charge < -0.3 is 51.8 Å². The summed E-state index contributed by atoms with van der Waals surface area (Å²) in [5, 5.41) is 11.2. The van der Waals surface area contributed by atoms with Gasteiger partial charge in [0.1, 0.15) is 5.58 Å². The molecule has 11 nitrogen and oxygen atoms in total. The molecule has 622 valence electrons. The van der Waals surface area contributed by atoms with Crippen LogP contribution >= 0.6 is 11.3 Å². The first-order valence-corrected chi connectivity index (χ1v) is 47.5. The van der Waals surface area contributed by atoms with Gasteiger partial charge in [0.15, 0.2) is 5.58 Å². The van der Waals surface area contributed by atoms with Crippen molar-refractivity contribution in [2.24, 2.45) is 0 Å². The first-order valence-electron chi connectivity index (χ1n) is 46.7. The summed E-state index contributed by atoms with van der Waals surface area (Å²) in [6.07, 6.45) is 0. The lowest BCUT2D eigenvalue weighted by atomic mass is 9.44. The Morgan fingerprint density at radius 1 is 0.200 bits per heavy atom. The highest BCUT2D eigenvalue weighted by Crippen LogP contribution is 2.59. The van der Waals surface area contributed by atoms with Gasteiger partial charge in [0.05, 0.1) is 90.1 Å². The molecule has 0 unspecified atom stereocenters.